The molecule has 0 radical (unpaired) electrons. The van der Waals surface area contributed by atoms with E-state index in [0.29, 0.717) is 42.1 Å². The third kappa shape index (κ3) is 5.60. The number of nitrogens with one attached hydrogen (secondary N) is 1. The molecule has 1 aromatic carbocycles. The summed E-state index contributed by atoms with van der Waals surface area (Å²) in [4.78, 5) is 36.8. The first-order valence-corrected chi connectivity index (χ1v) is 11.4. The Balaban J connectivity index is 1.63. The summed E-state index contributed by atoms with van der Waals surface area (Å²) in [5.41, 5.74) is 3.44. The molecule has 0 saturated carbocycles. The van der Waals surface area contributed by atoms with Crippen molar-refractivity contribution in [1.82, 2.24) is 15.0 Å². The summed E-state index contributed by atoms with van der Waals surface area (Å²) in [5, 5.41) is 2.61. The highest BCUT2D eigenvalue weighted by Crippen LogP contribution is 2.31. The van der Waals surface area contributed by atoms with Crippen LogP contribution < -0.4 is 5.56 Å². The molecular formula is C25H23N3O4S. The van der Waals surface area contributed by atoms with Gasteiger partial charge in [0.2, 0.25) is 5.56 Å². The lowest BCUT2D eigenvalue weighted by Crippen LogP contribution is -2.19. The van der Waals surface area contributed by atoms with E-state index in [2.05, 4.69) is 15.0 Å². The Morgan fingerprint density at radius 3 is 2.67 bits per heavy atom. The van der Waals surface area contributed by atoms with Crippen LogP contribution in [0.2, 0.25) is 0 Å². The Labute approximate surface area is 195 Å². The Morgan fingerprint density at radius 1 is 1.12 bits per heavy atom. The Bertz CT molecular complexity index is 1270. The number of rotatable bonds is 9. The summed E-state index contributed by atoms with van der Waals surface area (Å²) in [6.07, 6.45) is 3.74. The number of ether oxygens (including phenoxy) is 2. The summed E-state index contributed by atoms with van der Waals surface area (Å²) in [6, 6.07) is 14.9. The van der Waals surface area contributed by atoms with Crippen molar-refractivity contribution in [2.45, 2.75) is 20.0 Å². The van der Waals surface area contributed by atoms with Crippen molar-refractivity contribution < 1.29 is 14.3 Å². The molecule has 0 aliphatic rings. The van der Waals surface area contributed by atoms with Crippen molar-refractivity contribution in [2.75, 3.05) is 13.2 Å². The molecule has 0 aliphatic heterocycles. The van der Waals surface area contributed by atoms with Crippen LogP contribution in [0.1, 0.15) is 28.5 Å². The van der Waals surface area contributed by atoms with Gasteiger partial charge in [-0.1, -0.05) is 30.3 Å². The van der Waals surface area contributed by atoms with Gasteiger partial charge in [0, 0.05) is 47.1 Å². The average molecular weight is 462 g/mol. The Hall–Kier alpha value is -3.62. The van der Waals surface area contributed by atoms with E-state index in [1.165, 1.54) is 17.4 Å². The number of hydrogen-bond donors (Lipinski definition) is 1. The maximum absolute atomic E-state index is 12.9. The van der Waals surface area contributed by atoms with Crippen LogP contribution in [0, 0.1) is 0 Å². The lowest BCUT2D eigenvalue weighted by molar-refractivity contribution is 0.0524. The van der Waals surface area contributed by atoms with Crippen molar-refractivity contribution in [2.24, 2.45) is 0 Å². The maximum Gasteiger partial charge on any atom is 0.340 e. The molecule has 3 aromatic heterocycles. The van der Waals surface area contributed by atoms with Gasteiger partial charge in [0.15, 0.2) is 0 Å². The van der Waals surface area contributed by atoms with Crippen LogP contribution in [-0.2, 0) is 22.5 Å². The number of H-pyrrole nitrogens is 1. The lowest BCUT2D eigenvalue weighted by Gasteiger charge is -2.13. The second-order valence-corrected chi connectivity index (χ2v) is 8.04. The quantitative estimate of drug-likeness (QED) is 0.291. The molecule has 4 rings (SSSR count). The fourth-order valence-electron chi connectivity index (χ4n) is 3.40. The molecule has 0 aliphatic carbocycles. The number of pyridine rings is 2. The molecule has 0 fully saturated rings. The van der Waals surface area contributed by atoms with Crippen LogP contribution in [0.5, 0.6) is 0 Å². The number of carbonyl (C=O) groups is 1. The zero-order chi connectivity index (χ0) is 23.0. The van der Waals surface area contributed by atoms with Gasteiger partial charge in [0.1, 0.15) is 5.01 Å². The average Bonchev–Trinajstić information content (AvgIpc) is 3.33. The fourth-order valence-corrected chi connectivity index (χ4v) is 4.23. The number of thiazole rings is 1. The van der Waals surface area contributed by atoms with E-state index in [1.54, 1.807) is 19.3 Å². The molecule has 0 atom stereocenters. The van der Waals surface area contributed by atoms with E-state index in [9.17, 15) is 9.59 Å². The largest absolute Gasteiger partial charge is 0.462 e. The molecule has 7 nitrogen and oxygen atoms in total. The molecule has 1 N–H and O–H groups in total. The van der Waals surface area contributed by atoms with Gasteiger partial charge in [0.25, 0.3) is 0 Å². The van der Waals surface area contributed by atoms with Crippen LogP contribution in [0.25, 0.3) is 21.8 Å². The molecule has 4 aromatic rings. The number of nitrogens with zero attached hydrogens (tertiary/aromatic N) is 2. The van der Waals surface area contributed by atoms with Crippen molar-refractivity contribution in [3.63, 3.8) is 0 Å². The molecule has 0 spiro atoms. The monoisotopic (exact) mass is 461 g/mol. The van der Waals surface area contributed by atoms with Gasteiger partial charge in [-0.2, -0.15) is 0 Å². The highest BCUT2D eigenvalue weighted by molar-refractivity contribution is 7.13. The van der Waals surface area contributed by atoms with Gasteiger partial charge in [-0.25, -0.2) is 9.78 Å². The minimum Gasteiger partial charge on any atom is -0.462 e. The number of aromatic amines is 1. The molecule has 33 heavy (non-hydrogen) atoms. The zero-order valence-corrected chi connectivity index (χ0v) is 18.9. The second kappa shape index (κ2) is 10.8. The van der Waals surface area contributed by atoms with Gasteiger partial charge < -0.3 is 14.5 Å². The SMILES string of the molecule is CCOC(=O)c1c(-c2csc(-c3ccncc3)n2)cc(=O)[nH]c1CCOCc1ccccc1. The molecule has 8 heteroatoms. The standard InChI is InChI=1S/C25H23N3O4S/c1-2-32-25(30)23-19(21-16-33-24(28-21)18-8-11-26-12-9-18)14-22(29)27-20(23)10-13-31-15-17-6-4-3-5-7-17/h3-9,11-12,14,16H,2,10,13,15H2,1H3,(H,27,29). The number of hydrogen-bond acceptors (Lipinski definition) is 7. The summed E-state index contributed by atoms with van der Waals surface area (Å²) in [6.45, 7) is 2.75. The van der Waals surface area contributed by atoms with Crippen LogP contribution in [0.15, 0.2) is 71.1 Å². The molecule has 0 amide bonds. The summed E-state index contributed by atoms with van der Waals surface area (Å²) >= 11 is 1.43. The van der Waals surface area contributed by atoms with Crippen molar-refractivity contribution in [3.8, 4) is 21.8 Å². The maximum atomic E-state index is 12.9. The van der Waals surface area contributed by atoms with Crippen LogP contribution in [-0.4, -0.2) is 34.1 Å². The van der Waals surface area contributed by atoms with E-state index in [1.807, 2.05) is 47.8 Å². The molecule has 3 heterocycles. The Kier molecular flexibility index (Phi) is 7.39. The van der Waals surface area contributed by atoms with Crippen molar-refractivity contribution in [1.29, 1.82) is 0 Å². The molecular weight excluding hydrogens is 438 g/mol. The number of aromatic nitrogens is 3. The number of esters is 1. The van der Waals surface area contributed by atoms with E-state index in [-0.39, 0.29) is 12.2 Å². The van der Waals surface area contributed by atoms with Crippen molar-refractivity contribution in [3.05, 3.63) is 93.5 Å². The predicted octanol–water partition coefficient (Wildman–Crippen LogP) is 4.50. The topological polar surface area (TPSA) is 94.2 Å². The van der Waals surface area contributed by atoms with E-state index < -0.39 is 5.97 Å². The third-order valence-corrected chi connectivity index (χ3v) is 5.81. The van der Waals surface area contributed by atoms with Gasteiger partial charge in [-0.15, -0.1) is 11.3 Å². The Morgan fingerprint density at radius 2 is 1.91 bits per heavy atom. The van der Waals surface area contributed by atoms with Gasteiger partial charge in [-0.3, -0.25) is 9.78 Å². The van der Waals surface area contributed by atoms with E-state index in [4.69, 9.17) is 9.47 Å². The molecule has 168 valence electrons. The van der Waals surface area contributed by atoms with Crippen LogP contribution in [0.4, 0.5) is 0 Å². The van der Waals surface area contributed by atoms with Gasteiger partial charge in [0.05, 0.1) is 31.1 Å². The third-order valence-electron chi connectivity index (χ3n) is 4.92. The van der Waals surface area contributed by atoms with Crippen molar-refractivity contribution >= 4 is 17.3 Å². The summed E-state index contributed by atoms with van der Waals surface area (Å²) in [5.74, 6) is -0.500. The highest BCUT2D eigenvalue weighted by atomic mass is 32.1. The fraction of sp³-hybridized carbons (Fsp3) is 0.200. The first-order valence-electron chi connectivity index (χ1n) is 10.6. The smallest absolute Gasteiger partial charge is 0.340 e. The highest BCUT2D eigenvalue weighted by Gasteiger charge is 2.22. The van der Waals surface area contributed by atoms with E-state index >= 15 is 0 Å². The van der Waals surface area contributed by atoms with Crippen LogP contribution >= 0.6 is 11.3 Å². The lowest BCUT2D eigenvalue weighted by atomic mass is 10.0. The molecule has 0 unspecified atom stereocenters. The first-order chi connectivity index (χ1) is 16.2. The molecule has 0 bridgehead atoms. The van der Waals surface area contributed by atoms with Gasteiger partial charge >= 0.3 is 5.97 Å². The minimum absolute atomic E-state index is 0.223. The summed E-state index contributed by atoms with van der Waals surface area (Å²) in [7, 11) is 0. The number of benzene rings is 1. The summed E-state index contributed by atoms with van der Waals surface area (Å²) < 4.78 is 11.1. The van der Waals surface area contributed by atoms with E-state index in [0.717, 1.165) is 16.1 Å². The second-order valence-electron chi connectivity index (χ2n) is 7.18. The minimum atomic E-state index is -0.500. The number of carbonyl (C=O) groups excluding carboxylic acids is 1. The predicted molar refractivity (Wildman–Crippen MR) is 127 cm³/mol. The zero-order valence-electron chi connectivity index (χ0n) is 18.1. The normalized spacial score (nSPS) is 10.8. The first kappa shape index (κ1) is 22.6. The molecule has 0 saturated heterocycles. The van der Waals surface area contributed by atoms with Crippen LogP contribution in [0.3, 0.4) is 0 Å². The van der Waals surface area contributed by atoms with Gasteiger partial charge in [-0.05, 0) is 24.6 Å².